The van der Waals surface area contributed by atoms with Crippen LogP contribution in [0.2, 0.25) is 0 Å². The van der Waals surface area contributed by atoms with Crippen LogP contribution in [0.5, 0.6) is 0 Å². The molecule has 1 aromatic carbocycles. The van der Waals surface area contributed by atoms with Crippen LogP contribution in [0.1, 0.15) is 25.7 Å². The Morgan fingerprint density at radius 1 is 1.15 bits per heavy atom. The predicted molar refractivity (Wildman–Crippen MR) is 89.3 cm³/mol. The lowest BCUT2D eigenvalue weighted by Gasteiger charge is -2.08. The van der Waals surface area contributed by atoms with Crippen LogP contribution in [-0.2, 0) is 0 Å². The molecule has 0 aliphatic carbocycles. The molecular weight excluding hydrogens is 268 g/mol. The summed E-state index contributed by atoms with van der Waals surface area (Å²) in [7, 11) is 0. The summed E-state index contributed by atoms with van der Waals surface area (Å²) in [5.74, 6) is 2.17. The molecule has 0 aliphatic rings. The molecule has 4 nitrogen and oxygen atoms in total. The van der Waals surface area contributed by atoms with E-state index < -0.39 is 0 Å². The smallest absolute Gasteiger partial charge is 0.137 e. The lowest BCUT2D eigenvalue weighted by molar-refractivity contribution is 0.688. The Balaban J connectivity index is 1.84. The highest BCUT2D eigenvalue weighted by molar-refractivity contribution is 7.98. The van der Waals surface area contributed by atoms with Crippen LogP contribution >= 0.6 is 11.8 Å². The topological polar surface area (TPSA) is 63.8 Å². The van der Waals surface area contributed by atoms with E-state index in [1.807, 2.05) is 30.0 Å². The number of unbranched alkanes of at least 4 members (excludes halogenated alkanes) is 3. The standard InChI is InChI=1S/C15H22N4S/c1-20-9-5-3-2-4-8-17-15-13-7-6-12(16)10-14(13)18-11-19-15/h6-7,10-11H,2-5,8-9,16H2,1H3,(H,17,18,19). The molecule has 5 heteroatoms. The Morgan fingerprint density at radius 2 is 2.00 bits per heavy atom. The number of anilines is 2. The third kappa shape index (κ3) is 4.27. The fraction of sp³-hybridized carbons (Fsp3) is 0.467. The van der Waals surface area contributed by atoms with Gasteiger partial charge in [-0.2, -0.15) is 11.8 Å². The molecule has 0 fully saturated rings. The van der Waals surface area contributed by atoms with Gasteiger partial charge in [-0.3, -0.25) is 0 Å². The molecule has 1 heterocycles. The van der Waals surface area contributed by atoms with E-state index in [1.165, 1.54) is 31.4 Å². The van der Waals surface area contributed by atoms with Gasteiger partial charge in [-0.25, -0.2) is 9.97 Å². The van der Waals surface area contributed by atoms with Gasteiger partial charge in [0.2, 0.25) is 0 Å². The zero-order valence-electron chi connectivity index (χ0n) is 11.9. The Labute approximate surface area is 124 Å². The van der Waals surface area contributed by atoms with Gasteiger partial charge in [0.15, 0.2) is 0 Å². The monoisotopic (exact) mass is 290 g/mol. The van der Waals surface area contributed by atoms with E-state index in [0.29, 0.717) is 0 Å². The quantitative estimate of drug-likeness (QED) is 0.575. The second kappa shape index (κ2) is 7.94. The highest BCUT2D eigenvalue weighted by Gasteiger charge is 2.03. The van der Waals surface area contributed by atoms with Crippen molar-refractivity contribution in [1.82, 2.24) is 9.97 Å². The van der Waals surface area contributed by atoms with E-state index in [2.05, 4.69) is 21.5 Å². The summed E-state index contributed by atoms with van der Waals surface area (Å²) in [6.45, 7) is 0.954. The first-order valence-electron chi connectivity index (χ1n) is 7.04. The molecule has 2 rings (SSSR count). The lowest BCUT2D eigenvalue weighted by atomic mass is 10.2. The first kappa shape index (κ1) is 14.9. The highest BCUT2D eigenvalue weighted by Crippen LogP contribution is 2.21. The Bertz CT molecular complexity index is 544. The Hall–Kier alpha value is -1.49. The van der Waals surface area contributed by atoms with Crippen molar-refractivity contribution >= 4 is 34.2 Å². The summed E-state index contributed by atoms with van der Waals surface area (Å²) in [4.78, 5) is 8.56. The van der Waals surface area contributed by atoms with E-state index in [4.69, 9.17) is 5.73 Å². The fourth-order valence-electron chi connectivity index (χ4n) is 2.15. The maximum atomic E-state index is 5.77. The molecule has 0 spiro atoms. The molecule has 1 aromatic heterocycles. The second-order valence-corrected chi connectivity index (χ2v) is 5.82. The first-order valence-corrected chi connectivity index (χ1v) is 8.43. The third-order valence-corrected chi connectivity index (χ3v) is 3.93. The number of nitrogen functional groups attached to an aromatic ring is 1. The van der Waals surface area contributed by atoms with Crippen molar-refractivity contribution in [2.45, 2.75) is 25.7 Å². The van der Waals surface area contributed by atoms with E-state index in [9.17, 15) is 0 Å². The number of fused-ring (bicyclic) bond motifs is 1. The first-order chi connectivity index (χ1) is 9.81. The summed E-state index contributed by atoms with van der Waals surface area (Å²) in [5.41, 5.74) is 7.39. The maximum absolute atomic E-state index is 5.77. The molecule has 0 aliphatic heterocycles. The SMILES string of the molecule is CSCCCCCCNc1ncnc2cc(N)ccc12. The number of rotatable bonds is 8. The number of nitrogens with zero attached hydrogens (tertiary/aromatic N) is 2. The summed E-state index contributed by atoms with van der Waals surface area (Å²) in [5, 5.41) is 4.43. The van der Waals surface area contributed by atoms with Gasteiger partial charge in [-0.05, 0) is 43.0 Å². The Kier molecular flexibility index (Phi) is 5.92. The molecule has 0 saturated heterocycles. The minimum atomic E-state index is 0.732. The number of hydrogen-bond donors (Lipinski definition) is 2. The number of thioether (sulfide) groups is 1. The summed E-state index contributed by atoms with van der Waals surface area (Å²) >= 11 is 1.92. The van der Waals surface area contributed by atoms with Gasteiger partial charge in [-0.1, -0.05) is 12.8 Å². The van der Waals surface area contributed by atoms with Gasteiger partial charge in [0.1, 0.15) is 12.1 Å². The number of hydrogen-bond acceptors (Lipinski definition) is 5. The van der Waals surface area contributed by atoms with Gasteiger partial charge in [0.25, 0.3) is 0 Å². The van der Waals surface area contributed by atoms with E-state index in [0.717, 1.165) is 29.0 Å². The maximum Gasteiger partial charge on any atom is 0.137 e. The van der Waals surface area contributed by atoms with Gasteiger partial charge >= 0.3 is 0 Å². The van der Waals surface area contributed by atoms with Gasteiger partial charge in [0.05, 0.1) is 5.52 Å². The third-order valence-electron chi connectivity index (χ3n) is 3.23. The largest absolute Gasteiger partial charge is 0.399 e. The molecule has 0 atom stereocenters. The van der Waals surface area contributed by atoms with Gasteiger partial charge in [-0.15, -0.1) is 0 Å². The van der Waals surface area contributed by atoms with Gasteiger partial charge < -0.3 is 11.1 Å². The van der Waals surface area contributed by atoms with Crippen LogP contribution in [0, 0.1) is 0 Å². The molecular formula is C15H22N4S. The molecule has 20 heavy (non-hydrogen) atoms. The average molecular weight is 290 g/mol. The van der Waals surface area contributed by atoms with Crippen molar-refractivity contribution in [3.63, 3.8) is 0 Å². The number of nitrogens with two attached hydrogens (primary N) is 1. The van der Waals surface area contributed by atoms with Crippen molar-refractivity contribution in [3.8, 4) is 0 Å². The molecule has 0 bridgehead atoms. The molecule has 0 radical (unpaired) electrons. The van der Waals surface area contributed by atoms with E-state index >= 15 is 0 Å². The van der Waals surface area contributed by atoms with Crippen LogP contribution in [-0.4, -0.2) is 28.5 Å². The van der Waals surface area contributed by atoms with Crippen molar-refractivity contribution in [3.05, 3.63) is 24.5 Å². The summed E-state index contributed by atoms with van der Waals surface area (Å²) in [6.07, 6.45) is 8.82. The van der Waals surface area contributed by atoms with Crippen LogP contribution in [0.3, 0.4) is 0 Å². The van der Waals surface area contributed by atoms with Crippen molar-refractivity contribution in [1.29, 1.82) is 0 Å². The number of aromatic nitrogens is 2. The summed E-state index contributed by atoms with van der Waals surface area (Å²) in [6, 6.07) is 5.75. The van der Waals surface area contributed by atoms with Crippen LogP contribution in [0.15, 0.2) is 24.5 Å². The molecule has 0 amide bonds. The zero-order chi connectivity index (χ0) is 14.2. The predicted octanol–water partition coefficient (Wildman–Crippen LogP) is 3.55. The van der Waals surface area contributed by atoms with Crippen molar-refractivity contribution in [2.24, 2.45) is 0 Å². The Morgan fingerprint density at radius 3 is 2.85 bits per heavy atom. The average Bonchev–Trinajstić information content (AvgIpc) is 2.46. The number of benzene rings is 1. The van der Waals surface area contributed by atoms with Crippen molar-refractivity contribution in [2.75, 3.05) is 29.6 Å². The van der Waals surface area contributed by atoms with Crippen LogP contribution in [0.25, 0.3) is 10.9 Å². The molecule has 2 aromatic rings. The van der Waals surface area contributed by atoms with Crippen LogP contribution in [0.4, 0.5) is 11.5 Å². The van der Waals surface area contributed by atoms with E-state index in [1.54, 1.807) is 6.33 Å². The molecule has 0 unspecified atom stereocenters. The second-order valence-electron chi connectivity index (χ2n) is 4.83. The van der Waals surface area contributed by atoms with E-state index in [-0.39, 0.29) is 0 Å². The molecule has 3 N–H and O–H groups in total. The lowest BCUT2D eigenvalue weighted by Crippen LogP contribution is -2.04. The normalized spacial score (nSPS) is 10.8. The minimum absolute atomic E-state index is 0.732. The zero-order valence-corrected chi connectivity index (χ0v) is 12.7. The number of nitrogens with one attached hydrogen (secondary N) is 1. The van der Waals surface area contributed by atoms with Crippen LogP contribution < -0.4 is 11.1 Å². The molecule has 108 valence electrons. The fourth-order valence-corrected chi connectivity index (χ4v) is 2.64. The highest BCUT2D eigenvalue weighted by atomic mass is 32.2. The van der Waals surface area contributed by atoms with Crippen molar-refractivity contribution < 1.29 is 0 Å². The van der Waals surface area contributed by atoms with Gasteiger partial charge in [0, 0.05) is 17.6 Å². The minimum Gasteiger partial charge on any atom is -0.399 e. The molecule has 0 saturated carbocycles. The summed E-state index contributed by atoms with van der Waals surface area (Å²) < 4.78 is 0.